The van der Waals surface area contributed by atoms with Gasteiger partial charge < -0.3 is 15.1 Å². The van der Waals surface area contributed by atoms with Gasteiger partial charge in [-0.1, -0.05) is 20.8 Å². The van der Waals surface area contributed by atoms with E-state index in [1.54, 1.807) is 30.1 Å². The number of halogens is 1. The van der Waals surface area contributed by atoms with Gasteiger partial charge in [-0.2, -0.15) is 5.10 Å². The van der Waals surface area contributed by atoms with Gasteiger partial charge >= 0.3 is 0 Å². The van der Waals surface area contributed by atoms with E-state index >= 15 is 0 Å². The molecule has 8 heteroatoms. The molecule has 0 fully saturated rings. The molecule has 0 aliphatic heterocycles. The predicted molar refractivity (Wildman–Crippen MR) is 111 cm³/mol. The van der Waals surface area contributed by atoms with Crippen LogP contribution in [0.4, 0.5) is 4.39 Å². The van der Waals surface area contributed by atoms with Crippen LogP contribution < -0.4 is 10.6 Å². The molecule has 0 radical (unpaired) electrons. The largest absolute Gasteiger partial charge is 0.443 e. The highest BCUT2D eigenvalue weighted by molar-refractivity contribution is 5.79. The molecule has 7 nitrogen and oxygen atoms in total. The second kappa shape index (κ2) is 8.89. The maximum Gasteiger partial charge on any atom is 0.213 e. The summed E-state index contributed by atoms with van der Waals surface area (Å²) >= 11 is 0. The average Bonchev–Trinajstić information content (AvgIpc) is 3.34. The van der Waals surface area contributed by atoms with Gasteiger partial charge in [0.2, 0.25) is 5.89 Å². The molecule has 0 aliphatic carbocycles. The van der Waals surface area contributed by atoms with Crippen molar-refractivity contribution < 1.29 is 8.81 Å². The molecule has 3 aromatic rings. The van der Waals surface area contributed by atoms with Gasteiger partial charge in [-0.05, 0) is 30.3 Å². The Hall–Kier alpha value is -3.16. The first kappa shape index (κ1) is 20.6. The maximum atomic E-state index is 13.0. The molecule has 1 aromatic carbocycles. The summed E-state index contributed by atoms with van der Waals surface area (Å²) in [5, 5.41) is 11.0. The lowest BCUT2D eigenvalue weighted by Gasteiger charge is -2.13. The number of aliphatic imine (C=N–C) groups is 1. The number of guanidine groups is 1. The minimum Gasteiger partial charge on any atom is -0.443 e. The van der Waals surface area contributed by atoms with Crippen LogP contribution in [-0.2, 0) is 18.4 Å². The van der Waals surface area contributed by atoms with Crippen molar-refractivity contribution in [2.75, 3.05) is 13.6 Å². The Morgan fingerprint density at radius 1 is 1.17 bits per heavy atom. The number of hydrogen-bond acceptors (Lipinski definition) is 4. The van der Waals surface area contributed by atoms with Crippen LogP contribution in [0.5, 0.6) is 0 Å². The van der Waals surface area contributed by atoms with E-state index in [4.69, 9.17) is 4.42 Å². The first-order valence-corrected chi connectivity index (χ1v) is 9.55. The van der Waals surface area contributed by atoms with Crippen molar-refractivity contribution in [1.82, 2.24) is 25.4 Å². The van der Waals surface area contributed by atoms with E-state index < -0.39 is 0 Å². The van der Waals surface area contributed by atoms with Gasteiger partial charge in [-0.3, -0.25) is 4.99 Å². The zero-order chi connectivity index (χ0) is 20.9. The lowest BCUT2D eigenvalue weighted by Crippen LogP contribution is -2.38. The Labute approximate surface area is 170 Å². The third kappa shape index (κ3) is 5.66. The van der Waals surface area contributed by atoms with Gasteiger partial charge in [0, 0.05) is 31.6 Å². The average molecular weight is 398 g/mol. The fourth-order valence-corrected chi connectivity index (χ4v) is 2.66. The fourth-order valence-electron chi connectivity index (χ4n) is 2.66. The van der Waals surface area contributed by atoms with Gasteiger partial charge in [-0.25, -0.2) is 14.1 Å². The summed E-state index contributed by atoms with van der Waals surface area (Å²) < 4.78 is 20.6. The van der Waals surface area contributed by atoms with Gasteiger partial charge in [0.25, 0.3) is 0 Å². The molecule has 0 saturated heterocycles. The van der Waals surface area contributed by atoms with Crippen LogP contribution in [0, 0.1) is 5.82 Å². The Morgan fingerprint density at radius 2 is 1.93 bits per heavy atom. The molecule has 29 heavy (non-hydrogen) atoms. The van der Waals surface area contributed by atoms with Gasteiger partial charge in [-0.15, -0.1) is 0 Å². The summed E-state index contributed by atoms with van der Waals surface area (Å²) in [5.74, 6) is 1.88. The Morgan fingerprint density at radius 3 is 2.59 bits per heavy atom. The van der Waals surface area contributed by atoms with E-state index in [1.807, 2.05) is 12.3 Å². The number of nitrogens with zero attached hydrogens (tertiary/aromatic N) is 4. The Bertz CT molecular complexity index is 952. The number of rotatable bonds is 6. The van der Waals surface area contributed by atoms with E-state index in [9.17, 15) is 4.39 Å². The molecular formula is C21H27FN6O. The van der Waals surface area contributed by atoms with Crippen LogP contribution in [0.25, 0.3) is 5.69 Å². The van der Waals surface area contributed by atoms with Crippen molar-refractivity contribution in [3.05, 3.63) is 65.9 Å². The molecule has 0 unspecified atom stereocenters. The smallest absolute Gasteiger partial charge is 0.213 e. The van der Waals surface area contributed by atoms with Gasteiger partial charge in [0.15, 0.2) is 5.96 Å². The minimum absolute atomic E-state index is 0.0670. The quantitative estimate of drug-likeness (QED) is 0.492. The zero-order valence-corrected chi connectivity index (χ0v) is 17.2. The van der Waals surface area contributed by atoms with Gasteiger partial charge in [0.05, 0.1) is 24.1 Å². The SMILES string of the molecule is CN=C(NCCc1ccn(-c2ccc(F)cc2)n1)NCc1ncc(C(C)(C)C)o1. The van der Waals surface area contributed by atoms with Crippen LogP contribution in [0.2, 0.25) is 0 Å². The highest BCUT2D eigenvalue weighted by Crippen LogP contribution is 2.22. The molecular weight excluding hydrogens is 371 g/mol. The minimum atomic E-state index is -0.261. The first-order chi connectivity index (χ1) is 13.8. The van der Waals surface area contributed by atoms with Crippen LogP contribution >= 0.6 is 0 Å². The number of hydrogen-bond donors (Lipinski definition) is 2. The van der Waals surface area contributed by atoms with Crippen molar-refractivity contribution >= 4 is 5.96 Å². The van der Waals surface area contributed by atoms with Crippen molar-refractivity contribution in [1.29, 1.82) is 0 Å². The number of benzene rings is 1. The summed E-state index contributed by atoms with van der Waals surface area (Å²) in [6.45, 7) is 7.38. The Kier molecular flexibility index (Phi) is 6.31. The summed E-state index contributed by atoms with van der Waals surface area (Å²) in [6.07, 6.45) is 4.36. The molecule has 0 atom stereocenters. The van der Waals surface area contributed by atoms with Gasteiger partial charge in [0.1, 0.15) is 11.6 Å². The Balaban J connectivity index is 1.46. The lowest BCUT2D eigenvalue weighted by molar-refractivity contribution is 0.379. The summed E-state index contributed by atoms with van der Waals surface area (Å²) in [6, 6.07) is 8.19. The highest BCUT2D eigenvalue weighted by Gasteiger charge is 2.19. The first-order valence-electron chi connectivity index (χ1n) is 9.55. The van der Waals surface area contributed by atoms with Crippen molar-refractivity contribution in [3.63, 3.8) is 0 Å². The maximum absolute atomic E-state index is 13.0. The predicted octanol–water partition coefficient (Wildman–Crippen LogP) is 3.20. The zero-order valence-electron chi connectivity index (χ0n) is 17.2. The topological polar surface area (TPSA) is 80.3 Å². The number of nitrogens with one attached hydrogen (secondary N) is 2. The molecule has 0 spiro atoms. The second-order valence-electron chi connectivity index (χ2n) is 7.70. The van der Waals surface area contributed by atoms with Crippen LogP contribution in [-0.4, -0.2) is 34.3 Å². The molecule has 0 bridgehead atoms. The van der Waals surface area contributed by atoms with E-state index in [0.29, 0.717) is 24.9 Å². The van der Waals surface area contributed by atoms with Crippen LogP contribution in [0.3, 0.4) is 0 Å². The van der Waals surface area contributed by atoms with Crippen LogP contribution in [0.15, 0.2) is 52.1 Å². The highest BCUT2D eigenvalue weighted by atomic mass is 19.1. The van der Waals surface area contributed by atoms with E-state index in [2.05, 4.69) is 46.5 Å². The van der Waals surface area contributed by atoms with E-state index in [0.717, 1.165) is 23.6 Å². The number of oxazole rings is 1. The normalized spacial score (nSPS) is 12.2. The van der Waals surface area contributed by atoms with Crippen molar-refractivity contribution in [2.45, 2.75) is 39.2 Å². The molecule has 2 heterocycles. The third-order valence-electron chi connectivity index (χ3n) is 4.33. The van der Waals surface area contributed by atoms with E-state index in [1.165, 1.54) is 12.1 Å². The molecule has 2 aromatic heterocycles. The summed E-state index contributed by atoms with van der Waals surface area (Å²) in [4.78, 5) is 8.52. The monoisotopic (exact) mass is 398 g/mol. The second-order valence-corrected chi connectivity index (χ2v) is 7.70. The molecule has 2 N–H and O–H groups in total. The lowest BCUT2D eigenvalue weighted by atomic mass is 9.94. The summed E-state index contributed by atoms with van der Waals surface area (Å²) in [5.41, 5.74) is 1.69. The number of aromatic nitrogens is 3. The molecule has 154 valence electrons. The van der Waals surface area contributed by atoms with E-state index in [-0.39, 0.29) is 11.2 Å². The molecule has 0 amide bonds. The van der Waals surface area contributed by atoms with Crippen molar-refractivity contribution in [2.24, 2.45) is 4.99 Å². The third-order valence-corrected chi connectivity index (χ3v) is 4.33. The molecule has 3 rings (SSSR count). The molecule has 0 aliphatic rings. The fraction of sp³-hybridized carbons (Fsp3) is 0.381. The van der Waals surface area contributed by atoms with Crippen molar-refractivity contribution in [3.8, 4) is 5.69 Å². The van der Waals surface area contributed by atoms with Crippen LogP contribution in [0.1, 0.15) is 38.1 Å². The molecule has 0 saturated carbocycles. The summed E-state index contributed by atoms with van der Waals surface area (Å²) in [7, 11) is 1.72. The standard InChI is InChI=1S/C21H27FN6O/c1-21(2,3)18-13-25-19(29-18)14-26-20(23-4)24-11-9-16-10-12-28(27-16)17-7-5-15(22)6-8-17/h5-8,10,12-13H,9,11,14H2,1-4H3,(H2,23,24,26).